The summed E-state index contributed by atoms with van der Waals surface area (Å²) >= 11 is 12.1. The number of amides is 2. The second kappa shape index (κ2) is 10.9. The van der Waals surface area contributed by atoms with Gasteiger partial charge < -0.3 is 20.7 Å². The molecule has 3 aromatic rings. The first-order valence-electron chi connectivity index (χ1n) is 10.9. The first kappa shape index (κ1) is 24.7. The topological polar surface area (TPSA) is 110 Å². The minimum Gasteiger partial charge on any atom is -0.489 e. The predicted molar refractivity (Wildman–Crippen MR) is 132 cm³/mol. The Hall–Kier alpha value is -3.43. The maximum absolute atomic E-state index is 13.7. The van der Waals surface area contributed by atoms with Gasteiger partial charge in [0.2, 0.25) is 0 Å². The highest BCUT2D eigenvalue weighted by Crippen LogP contribution is 2.28. The van der Waals surface area contributed by atoms with Crippen molar-refractivity contribution in [2.45, 2.75) is 19.3 Å². The molecule has 2 heterocycles. The van der Waals surface area contributed by atoms with Crippen molar-refractivity contribution in [1.29, 1.82) is 0 Å². The number of nitrogens with two attached hydrogens (primary N) is 1. The van der Waals surface area contributed by atoms with Crippen molar-refractivity contribution in [2.24, 2.45) is 0 Å². The first-order valence-corrected chi connectivity index (χ1v) is 11.7. The Kier molecular flexibility index (Phi) is 7.67. The van der Waals surface area contributed by atoms with Crippen LogP contribution in [0.25, 0.3) is 0 Å². The summed E-state index contributed by atoms with van der Waals surface area (Å²) in [5.74, 6) is -1.00. The molecular weight excluding hydrogens is 496 g/mol. The van der Waals surface area contributed by atoms with Crippen molar-refractivity contribution < 1.29 is 18.7 Å². The van der Waals surface area contributed by atoms with Gasteiger partial charge in [0.05, 0.1) is 11.6 Å². The molecule has 182 valence electrons. The fourth-order valence-electron chi connectivity index (χ4n) is 3.67. The van der Waals surface area contributed by atoms with Gasteiger partial charge in [0.1, 0.15) is 5.82 Å². The average Bonchev–Trinajstić information content (AvgIpc) is 3.40. The molecule has 1 aromatic heterocycles. The molecule has 1 aliphatic rings. The number of nitrogens with one attached hydrogen (secondary N) is 1. The quantitative estimate of drug-likeness (QED) is 0.442. The maximum atomic E-state index is 13.7. The van der Waals surface area contributed by atoms with E-state index in [2.05, 4.69) is 15.5 Å². The van der Waals surface area contributed by atoms with E-state index in [1.807, 2.05) is 4.90 Å². The lowest BCUT2D eigenvalue weighted by Gasteiger charge is -2.15. The third-order valence-corrected chi connectivity index (χ3v) is 6.31. The highest BCUT2D eigenvalue weighted by molar-refractivity contribution is 6.36. The molecule has 2 aromatic carbocycles. The van der Waals surface area contributed by atoms with Gasteiger partial charge >= 0.3 is 0 Å². The van der Waals surface area contributed by atoms with E-state index >= 15 is 0 Å². The summed E-state index contributed by atoms with van der Waals surface area (Å²) < 4.78 is 19.3. The Morgan fingerprint density at radius 2 is 1.80 bits per heavy atom. The zero-order chi connectivity index (χ0) is 24.9. The molecule has 0 saturated carbocycles. The third-order valence-electron chi connectivity index (χ3n) is 5.55. The van der Waals surface area contributed by atoms with Gasteiger partial charge in [-0.05, 0) is 54.8 Å². The molecule has 0 spiro atoms. The minimum absolute atomic E-state index is 0.0113. The van der Waals surface area contributed by atoms with Gasteiger partial charge in [-0.15, -0.1) is 10.2 Å². The van der Waals surface area contributed by atoms with E-state index in [0.717, 1.165) is 25.9 Å². The summed E-state index contributed by atoms with van der Waals surface area (Å²) in [6.45, 7) is 1.59. The maximum Gasteiger partial charge on any atom is 0.276 e. The number of aromatic nitrogens is 2. The van der Waals surface area contributed by atoms with Crippen LogP contribution in [0.1, 0.15) is 39.3 Å². The first-order chi connectivity index (χ1) is 16.8. The van der Waals surface area contributed by atoms with Crippen LogP contribution in [0.3, 0.4) is 0 Å². The fourth-order valence-corrected chi connectivity index (χ4v) is 4.23. The molecule has 35 heavy (non-hydrogen) atoms. The number of likely N-dealkylation sites (tertiary alicyclic amines) is 1. The lowest BCUT2D eigenvalue weighted by Crippen LogP contribution is -2.27. The number of nitrogen functional groups attached to an aromatic ring is 1. The van der Waals surface area contributed by atoms with E-state index < -0.39 is 11.7 Å². The molecule has 1 saturated heterocycles. The molecule has 11 heteroatoms. The van der Waals surface area contributed by atoms with Crippen molar-refractivity contribution in [3.8, 4) is 5.75 Å². The SMILES string of the molecule is Nc1nnc(C(=O)Nc2ccc(C(=O)N3CCCC3)cc2)cc1OCCc1c(Cl)ccc(F)c1Cl. The Bertz CT molecular complexity index is 1250. The second-order valence-electron chi connectivity index (χ2n) is 7.93. The molecule has 3 N–H and O–H groups in total. The van der Waals surface area contributed by atoms with Crippen LogP contribution in [0.4, 0.5) is 15.9 Å². The van der Waals surface area contributed by atoms with Crippen LogP contribution in [0, 0.1) is 5.82 Å². The van der Waals surface area contributed by atoms with Gasteiger partial charge in [-0.3, -0.25) is 9.59 Å². The molecule has 1 aliphatic heterocycles. The smallest absolute Gasteiger partial charge is 0.276 e. The van der Waals surface area contributed by atoms with E-state index in [-0.39, 0.29) is 41.2 Å². The van der Waals surface area contributed by atoms with Gasteiger partial charge in [-0.2, -0.15) is 0 Å². The Morgan fingerprint density at radius 1 is 1.09 bits per heavy atom. The van der Waals surface area contributed by atoms with Crippen LogP contribution in [0.15, 0.2) is 42.5 Å². The Balaban J connectivity index is 1.38. The number of anilines is 2. The molecule has 1 fully saturated rings. The van der Waals surface area contributed by atoms with Crippen molar-refractivity contribution in [2.75, 3.05) is 30.7 Å². The number of benzene rings is 2. The highest BCUT2D eigenvalue weighted by atomic mass is 35.5. The second-order valence-corrected chi connectivity index (χ2v) is 8.72. The summed E-state index contributed by atoms with van der Waals surface area (Å²) in [6, 6.07) is 10.6. The monoisotopic (exact) mass is 517 g/mol. The van der Waals surface area contributed by atoms with E-state index in [1.165, 1.54) is 18.2 Å². The number of nitrogens with zero attached hydrogens (tertiary/aromatic N) is 3. The van der Waals surface area contributed by atoms with Crippen LogP contribution in [-0.2, 0) is 6.42 Å². The number of hydrogen-bond acceptors (Lipinski definition) is 6. The summed E-state index contributed by atoms with van der Waals surface area (Å²) in [6.07, 6.45) is 2.24. The van der Waals surface area contributed by atoms with Crippen LogP contribution in [0.2, 0.25) is 10.0 Å². The van der Waals surface area contributed by atoms with Gasteiger partial charge in [-0.25, -0.2) is 4.39 Å². The third kappa shape index (κ3) is 5.80. The van der Waals surface area contributed by atoms with E-state index in [1.54, 1.807) is 24.3 Å². The minimum atomic E-state index is -0.580. The van der Waals surface area contributed by atoms with Crippen LogP contribution >= 0.6 is 23.2 Å². The summed E-state index contributed by atoms with van der Waals surface area (Å²) in [4.78, 5) is 26.9. The zero-order valence-corrected chi connectivity index (χ0v) is 20.1. The van der Waals surface area contributed by atoms with E-state index in [4.69, 9.17) is 33.7 Å². The molecule has 0 unspecified atom stereocenters. The normalized spacial score (nSPS) is 13.1. The number of hydrogen-bond donors (Lipinski definition) is 2. The van der Waals surface area contributed by atoms with Gasteiger partial charge in [0.15, 0.2) is 17.3 Å². The number of halogens is 3. The molecule has 4 rings (SSSR count). The summed E-state index contributed by atoms with van der Waals surface area (Å²) in [7, 11) is 0. The van der Waals surface area contributed by atoms with Gasteiger partial charge in [-0.1, -0.05) is 23.2 Å². The van der Waals surface area contributed by atoms with Crippen LogP contribution < -0.4 is 15.8 Å². The molecule has 8 nitrogen and oxygen atoms in total. The van der Waals surface area contributed by atoms with Gasteiger partial charge in [0, 0.05) is 41.9 Å². The molecule has 2 amide bonds. The molecule has 0 radical (unpaired) electrons. The highest BCUT2D eigenvalue weighted by Gasteiger charge is 2.20. The number of rotatable bonds is 7. The number of carbonyl (C=O) groups is 2. The standard InChI is InChI=1S/C24H22Cl2FN5O3/c25-17-7-8-18(27)21(26)16(17)9-12-35-20-13-19(30-31-22(20)28)23(33)29-15-5-3-14(4-6-15)24(34)32-10-1-2-11-32/h3-8,13H,1-2,9-12H2,(H2,28,31)(H,29,33). The lowest BCUT2D eigenvalue weighted by atomic mass is 10.1. The average molecular weight is 518 g/mol. The van der Waals surface area contributed by atoms with E-state index in [9.17, 15) is 14.0 Å². The molecule has 0 atom stereocenters. The van der Waals surface area contributed by atoms with Gasteiger partial charge in [0.25, 0.3) is 11.8 Å². The summed E-state index contributed by atoms with van der Waals surface area (Å²) in [5.41, 5.74) is 7.26. The molecule has 0 aliphatic carbocycles. The Morgan fingerprint density at radius 3 is 2.51 bits per heavy atom. The van der Waals surface area contributed by atoms with Crippen molar-refractivity contribution in [3.05, 3.63) is 75.1 Å². The Labute approximate surface area is 211 Å². The lowest BCUT2D eigenvalue weighted by molar-refractivity contribution is 0.0792. The largest absolute Gasteiger partial charge is 0.489 e. The van der Waals surface area contributed by atoms with Crippen LogP contribution in [0.5, 0.6) is 5.75 Å². The predicted octanol–water partition coefficient (Wildman–Crippen LogP) is 4.61. The molecular formula is C24H22Cl2FN5O3. The molecule has 0 bridgehead atoms. The number of ether oxygens (including phenoxy) is 1. The van der Waals surface area contributed by atoms with Crippen molar-refractivity contribution in [1.82, 2.24) is 15.1 Å². The van der Waals surface area contributed by atoms with E-state index in [0.29, 0.717) is 21.8 Å². The zero-order valence-electron chi connectivity index (χ0n) is 18.6. The van der Waals surface area contributed by atoms with Crippen LogP contribution in [-0.4, -0.2) is 46.6 Å². The van der Waals surface area contributed by atoms with Crippen molar-refractivity contribution >= 4 is 46.5 Å². The fraction of sp³-hybridized carbons (Fsp3) is 0.250. The summed E-state index contributed by atoms with van der Waals surface area (Å²) in [5, 5.41) is 10.5. The van der Waals surface area contributed by atoms with Crippen molar-refractivity contribution in [3.63, 3.8) is 0 Å². The number of carbonyl (C=O) groups excluding carboxylic acids is 2.